The summed E-state index contributed by atoms with van der Waals surface area (Å²) in [5.74, 6) is -2.40. The zero-order chi connectivity index (χ0) is 20.3. The Morgan fingerprint density at radius 1 is 1.04 bits per heavy atom. The molecule has 0 saturated carbocycles. The molecule has 144 valence electrons. The molecule has 0 spiro atoms. The zero-order valence-electron chi connectivity index (χ0n) is 15.6. The predicted octanol–water partition coefficient (Wildman–Crippen LogP) is 0.949. The summed E-state index contributed by atoms with van der Waals surface area (Å²) >= 11 is 0. The third-order valence-electron chi connectivity index (χ3n) is 4.47. The van der Waals surface area contributed by atoms with Gasteiger partial charge < -0.3 is 15.2 Å². The maximum absolute atomic E-state index is 12.8. The van der Waals surface area contributed by atoms with Crippen LogP contribution < -0.4 is 16.0 Å². The van der Waals surface area contributed by atoms with Crippen LogP contribution in [0, 0.1) is 5.92 Å². The van der Waals surface area contributed by atoms with E-state index >= 15 is 0 Å². The first kappa shape index (κ1) is 19.3. The minimum atomic E-state index is -1.37. The van der Waals surface area contributed by atoms with Crippen LogP contribution in [0.15, 0.2) is 59.4 Å². The molecule has 0 fully saturated rings. The Kier molecular flexibility index (Phi) is 5.54. The molecule has 7 heteroatoms. The highest BCUT2D eigenvalue weighted by atomic mass is 16.4. The number of aliphatic carboxylic acids is 1. The second-order valence-electron chi connectivity index (χ2n) is 6.86. The fourth-order valence-electron chi connectivity index (χ4n) is 2.97. The molecular formula is C21H20N3O4-. The molecule has 7 nitrogen and oxygen atoms in total. The summed E-state index contributed by atoms with van der Waals surface area (Å²) in [5, 5.41) is 18.7. The molecule has 28 heavy (non-hydrogen) atoms. The molecule has 1 N–H and O–H groups in total. The van der Waals surface area contributed by atoms with E-state index in [4.69, 9.17) is 0 Å². The van der Waals surface area contributed by atoms with Gasteiger partial charge in [-0.25, -0.2) is 4.68 Å². The quantitative estimate of drug-likeness (QED) is 0.688. The molecule has 0 saturated heterocycles. The molecule has 1 amide bonds. The number of carbonyl (C=O) groups excluding carboxylic acids is 2. The van der Waals surface area contributed by atoms with Crippen molar-refractivity contribution in [2.75, 3.05) is 0 Å². The van der Waals surface area contributed by atoms with Crippen molar-refractivity contribution in [2.45, 2.75) is 26.4 Å². The van der Waals surface area contributed by atoms with Crippen molar-refractivity contribution in [1.29, 1.82) is 0 Å². The molecule has 0 unspecified atom stereocenters. The number of nitrogens with zero attached hydrogens (tertiary/aromatic N) is 2. The SMILES string of the molecule is CC(C)[C@H](NC(=O)c1nn(Cc2ccccc2)c(=O)c2ccccc12)C(=O)[O-]. The number of hydrogen-bond donors (Lipinski definition) is 1. The van der Waals surface area contributed by atoms with Gasteiger partial charge in [0.1, 0.15) is 0 Å². The largest absolute Gasteiger partial charge is 0.548 e. The van der Waals surface area contributed by atoms with Crippen molar-refractivity contribution in [3.63, 3.8) is 0 Å². The molecule has 0 aliphatic carbocycles. The van der Waals surface area contributed by atoms with Crippen LogP contribution in [0.2, 0.25) is 0 Å². The Balaban J connectivity index is 2.08. The third kappa shape index (κ3) is 3.93. The van der Waals surface area contributed by atoms with E-state index in [1.165, 1.54) is 4.68 Å². The molecular weight excluding hydrogens is 358 g/mol. The first-order valence-corrected chi connectivity index (χ1v) is 8.94. The van der Waals surface area contributed by atoms with Crippen molar-refractivity contribution in [3.8, 4) is 0 Å². The van der Waals surface area contributed by atoms with Crippen LogP contribution >= 0.6 is 0 Å². The Morgan fingerprint density at radius 2 is 1.64 bits per heavy atom. The van der Waals surface area contributed by atoms with E-state index in [1.807, 2.05) is 30.3 Å². The Labute approximate surface area is 161 Å². The molecule has 0 aliphatic rings. The monoisotopic (exact) mass is 378 g/mol. The van der Waals surface area contributed by atoms with Gasteiger partial charge in [-0.15, -0.1) is 0 Å². The van der Waals surface area contributed by atoms with Gasteiger partial charge in [-0.2, -0.15) is 5.10 Å². The minimum absolute atomic E-state index is 0.00182. The van der Waals surface area contributed by atoms with E-state index in [0.717, 1.165) is 5.56 Å². The van der Waals surface area contributed by atoms with E-state index < -0.39 is 17.9 Å². The fraction of sp³-hybridized carbons (Fsp3) is 0.238. The number of amides is 1. The number of hydrogen-bond acceptors (Lipinski definition) is 5. The Morgan fingerprint density at radius 3 is 2.25 bits per heavy atom. The van der Waals surface area contributed by atoms with Crippen molar-refractivity contribution < 1.29 is 14.7 Å². The standard InChI is InChI=1S/C21H21N3O4/c1-13(2)17(21(27)28)22-19(25)18-15-10-6-7-11-16(15)20(26)24(23-18)12-14-8-4-3-5-9-14/h3-11,13,17H,12H2,1-2H3,(H,22,25)(H,27,28)/p-1/t17-/m0/s1. The average molecular weight is 378 g/mol. The normalized spacial score (nSPS) is 12.1. The number of fused-ring (bicyclic) bond motifs is 1. The molecule has 3 rings (SSSR count). The fourth-order valence-corrected chi connectivity index (χ4v) is 2.97. The maximum Gasteiger partial charge on any atom is 0.274 e. The Bertz CT molecular complexity index is 1070. The topological polar surface area (TPSA) is 104 Å². The molecule has 1 aromatic heterocycles. The van der Waals surface area contributed by atoms with Crippen molar-refractivity contribution in [1.82, 2.24) is 15.1 Å². The summed E-state index contributed by atoms with van der Waals surface area (Å²) in [4.78, 5) is 37.0. The summed E-state index contributed by atoms with van der Waals surface area (Å²) in [6, 6.07) is 14.8. The molecule has 1 heterocycles. The number of benzene rings is 2. The highest BCUT2D eigenvalue weighted by Gasteiger charge is 2.22. The van der Waals surface area contributed by atoms with Gasteiger partial charge in [0.25, 0.3) is 11.5 Å². The Hall–Kier alpha value is -3.48. The van der Waals surface area contributed by atoms with Crippen LogP contribution in [0.1, 0.15) is 29.9 Å². The number of carbonyl (C=O) groups is 2. The van der Waals surface area contributed by atoms with Gasteiger partial charge in [0.15, 0.2) is 5.69 Å². The third-order valence-corrected chi connectivity index (χ3v) is 4.47. The number of nitrogens with one attached hydrogen (secondary N) is 1. The number of rotatable bonds is 6. The summed E-state index contributed by atoms with van der Waals surface area (Å²) in [5.41, 5.74) is 0.530. The lowest BCUT2D eigenvalue weighted by molar-refractivity contribution is -0.309. The highest BCUT2D eigenvalue weighted by Crippen LogP contribution is 2.15. The van der Waals surface area contributed by atoms with E-state index in [0.29, 0.717) is 10.8 Å². The van der Waals surface area contributed by atoms with E-state index in [1.54, 1.807) is 38.1 Å². The lowest BCUT2D eigenvalue weighted by Crippen LogP contribution is -2.51. The first-order valence-electron chi connectivity index (χ1n) is 8.94. The molecule has 0 bridgehead atoms. The number of carboxylic acids is 1. The van der Waals surface area contributed by atoms with Crippen LogP contribution in [0.4, 0.5) is 0 Å². The lowest BCUT2D eigenvalue weighted by atomic mass is 10.0. The van der Waals surface area contributed by atoms with Gasteiger partial charge in [-0.05, 0) is 17.5 Å². The van der Waals surface area contributed by atoms with E-state index in [2.05, 4.69) is 10.4 Å². The minimum Gasteiger partial charge on any atom is -0.548 e. The van der Waals surface area contributed by atoms with Crippen molar-refractivity contribution in [3.05, 3.63) is 76.2 Å². The summed E-state index contributed by atoms with van der Waals surface area (Å²) < 4.78 is 1.22. The summed E-state index contributed by atoms with van der Waals surface area (Å²) in [7, 11) is 0. The molecule has 0 aliphatic heterocycles. The van der Waals surface area contributed by atoms with Crippen LogP contribution in [0.25, 0.3) is 10.8 Å². The molecule has 3 aromatic rings. The number of carboxylic acid groups (broad SMARTS) is 1. The highest BCUT2D eigenvalue weighted by molar-refractivity contribution is 6.05. The summed E-state index contributed by atoms with van der Waals surface area (Å²) in [6.07, 6.45) is 0. The van der Waals surface area contributed by atoms with Crippen LogP contribution in [0.3, 0.4) is 0 Å². The zero-order valence-corrected chi connectivity index (χ0v) is 15.6. The van der Waals surface area contributed by atoms with Crippen molar-refractivity contribution >= 4 is 22.6 Å². The predicted molar refractivity (Wildman–Crippen MR) is 103 cm³/mol. The van der Waals surface area contributed by atoms with Crippen LogP contribution in [0.5, 0.6) is 0 Å². The van der Waals surface area contributed by atoms with Gasteiger partial charge in [0.2, 0.25) is 0 Å². The average Bonchev–Trinajstić information content (AvgIpc) is 2.68. The van der Waals surface area contributed by atoms with Crippen LogP contribution in [-0.4, -0.2) is 27.7 Å². The second-order valence-corrected chi connectivity index (χ2v) is 6.86. The number of aromatic nitrogens is 2. The van der Waals surface area contributed by atoms with Gasteiger partial charge in [0.05, 0.1) is 23.9 Å². The molecule has 1 atom stereocenters. The molecule has 2 aromatic carbocycles. The smallest absolute Gasteiger partial charge is 0.274 e. The van der Waals surface area contributed by atoms with E-state index in [-0.39, 0.29) is 23.7 Å². The van der Waals surface area contributed by atoms with Gasteiger partial charge in [-0.3, -0.25) is 9.59 Å². The van der Waals surface area contributed by atoms with Gasteiger partial charge >= 0.3 is 0 Å². The summed E-state index contributed by atoms with van der Waals surface area (Å²) in [6.45, 7) is 3.53. The van der Waals surface area contributed by atoms with Crippen LogP contribution in [-0.2, 0) is 11.3 Å². The van der Waals surface area contributed by atoms with E-state index in [9.17, 15) is 19.5 Å². The van der Waals surface area contributed by atoms with Gasteiger partial charge in [0, 0.05) is 5.39 Å². The second kappa shape index (κ2) is 8.04. The van der Waals surface area contributed by atoms with Gasteiger partial charge in [-0.1, -0.05) is 62.4 Å². The maximum atomic E-state index is 12.8. The molecule has 0 radical (unpaired) electrons. The lowest BCUT2D eigenvalue weighted by Gasteiger charge is -2.23. The first-order chi connectivity index (χ1) is 13.4. The van der Waals surface area contributed by atoms with Crippen molar-refractivity contribution in [2.24, 2.45) is 5.92 Å².